The summed E-state index contributed by atoms with van der Waals surface area (Å²) < 4.78 is 0. The maximum Gasteiger partial charge on any atom is 0.0378 e. The Kier molecular flexibility index (Phi) is 2.09. The van der Waals surface area contributed by atoms with Crippen molar-refractivity contribution in [3.63, 3.8) is 0 Å². The lowest BCUT2D eigenvalue weighted by molar-refractivity contribution is 1.20. The molecule has 1 heteroatoms. The Morgan fingerprint density at radius 2 is 2.15 bits per heavy atom. The minimum atomic E-state index is 1.04. The fraction of sp³-hybridized carbons (Fsp3) is 0.0833. The highest BCUT2D eigenvalue weighted by atomic mass is 14.6. The van der Waals surface area contributed by atoms with E-state index < -0.39 is 0 Å². The summed E-state index contributed by atoms with van der Waals surface area (Å²) in [5.41, 5.74) is 3.43. The van der Waals surface area contributed by atoms with Gasteiger partial charge in [-0.3, -0.25) is 4.98 Å². The van der Waals surface area contributed by atoms with Crippen molar-refractivity contribution >= 4 is 0 Å². The van der Waals surface area contributed by atoms with Crippen LogP contribution < -0.4 is 0 Å². The Balaban J connectivity index is 2.48. The van der Waals surface area contributed by atoms with E-state index in [1.807, 2.05) is 37.4 Å². The summed E-state index contributed by atoms with van der Waals surface area (Å²) in [7, 11) is 0. The largest absolute Gasteiger partial charge is 0.262 e. The molecule has 0 atom stereocenters. The van der Waals surface area contributed by atoms with Gasteiger partial charge in [0.2, 0.25) is 0 Å². The minimum absolute atomic E-state index is 1.04. The molecule has 0 aliphatic carbocycles. The summed E-state index contributed by atoms with van der Waals surface area (Å²) in [4.78, 5) is 4.16. The van der Waals surface area contributed by atoms with E-state index in [0.29, 0.717) is 0 Å². The van der Waals surface area contributed by atoms with Gasteiger partial charge in [-0.25, -0.2) is 0 Å². The SMILES string of the molecule is Cc1cc(-c2c[c]ccc2)ccn1. The molecule has 0 N–H and O–H groups in total. The van der Waals surface area contributed by atoms with Crippen LogP contribution in [0.1, 0.15) is 5.69 Å². The van der Waals surface area contributed by atoms with Crippen LogP contribution in [0.15, 0.2) is 42.6 Å². The normalized spacial score (nSPS) is 9.92. The molecule has 13 heavy (non-hydrogen) atoms. The second kappa shape index (κ2) is 3.40. The third-order valence-electron chi connectivity index (χ3n) is 1.94. The first-order valence-electron chi connectivity index (χ1n) is 4.25. The lowest BCUT2D eigenvalue weighted by Gasteiger charge is -2.00. The molecule has 63 valence electrons. The van der Waals surface area contributed by atoms with Crippen molar-refractivity contribution in [3.8, 4) is 11.1 Å². The Labute approximate surface area is 78.1 Å². The lowest BCUT2D eigenvalue weighted by Crippen LogP contribution is -1.81. The average Bonchev–Trinajstić information content (AvgIpc) is 2.19. The zero-order valence-corrected chi connectivity index (χ0v) is 7.49. The molecule has 1 nitrogen and oxygen atoms in total. The van der Waals surface area contributed by atoms with Crippen LogP contribution in [-0.2, 0) is 0 Å². The number of nitrogens with zero attached hydrogens (tertiary/aromatic N) is 1. The highest BCUT2D eigenvalue weighted by Gasteiger charge is 1.95. The van der Waals surface area contributed by atoms with Crippen molar-refractivity contribution in [2.24, 2.45) is 0 Å². The third kappa shape index (κ3) is 1.75. The lowest BCUT2D eigenvalue weighted by atomic mass is 10.1. The standard InChI is InChI=1S/C12H10N/c1-10-9-12(7-8-13-10)11-5-3-2-4-6-11/h2-3,5-9H,1H3. The summed E-state index contributed by atoms with van der Waals surface area (Å²) in [5, 5.41) is 0. The molecule has 1 heterocycles. The molecule has 2 aromatic rings. The predicted octanol–water partition coefficient (Wildman–Crippen LogP) is 2.86. The molecule has 0 bridgehead atoms. The summed E-state index contributed by atoms with van der Waals surface area (Å²) in [5.74, 6) is 0. The highest BCUT2D eigenvalue weighted by molar-refractivity contribution is 5.62. The monoisotopic (exact) mass is 168 g/mol. The fourth-order valence-electron chi connectivity index (χ4n) is 1.30. The zero-order valence-electron chi connectivity index (χ0n) is 7.49. The van der Waals surface area contributed by atoms with Crippen molar-refractivity contribution < 1.29 is 0 Å². The van der Waals surface area contributed by atoms with Gasteiger partial charge < -0.3 is 0 Å². The Morgan fingerprint density at radius 3 is 2.85 bits per heavy atom. The van der Waals surface area contributed by atoms with Crippen molar-refractivity contribution in [2.45, 2.75) is 6.92 Å². The molecular weight excluding hydrogens is 158 g/mol. The van der Waals surface area contributed by atoms with Gasteiger partial charge in [0.15, 0.2) is 0 Å². The molecular formula is C12H10N. The number of rotatable bonds is 1. The molecule has 2 rings (SSSR count). The minimum Gasteiger partial charge on any atom is -0.262 e. The summed E-state index contributed by atoms with van der Waals surface area (Å²) >= 11 is 0. The summed E-state index contributed by atoms with van der Waals surface area (Å²) in [6.45, 7) is 2.00. The number of hydrogen-bond donors (Lipinski definition) is 0. The van der Waals surface area contributed by atoms with Gasteiger partial charge in [0.05, 0.1) is 0 Å². The first-order chi connectivity index (χ1) is 6.36. The second-order valence-corrected chi connectivity index (χ2v) is 2.98. The van der Waals surface area contributed by atoms with Crippen LogP contribution in [-0.4, -0.2) is 4.98 Å². The maximum atomic E-state index is 4.16. The summed E-state index contributed by atoms with van der Waals surface area (Å²) in [6, 6.07) is 15.1. The van der Waals surface area contributed by atoms with E-state index in [9.17, 15) is 0 Å². The molecule has 1 aromatic carbocycles. The highest BCUT2D eigenvalue weighted by Crippen LogP contribution is 2.17. The third-order valence-corrected chi connectivity index (χ3v) is 1.94. The van der Waals surface area contributed by atoms with Crippen molar-refractivity contribution in [3.05, 3.63) is 54.4 Å². The van der Waals surface area contributed by atoms with Gasteiger partial charge in [0, 0.05) is 11.9 Å². The van der Waals surface area contributed by atoms with Gasteiger partial charge in [-0.2, -0.15) is 0 Å². The smallest absolute Gasteiger partial charge is 0.0378 e. The van der Waals surface area contributed by atoms with E-state index in [0.717, 1.165) is 5.69 Å². The van der Waals surface area contributed by atoms with E-state index in [1.54, 1.807) is 0 Å². The Hall–Kier alpha value is -1.63. The van der Waals surface area contributed by atoms with Crippen LogP contribution in [0, 0.1) is 13.0 Å². The number of aromatic nitrogens is 1. The van der Waals surface area contributed by atoms with Crippen LogP contribution >= 0.6 is 0 Å². The maximum absolute atomic E-state index is 4.16. The number of pyridine rings is 1. The van der Waals surface area contributed by atoms with E-state index in [-0.39, 0.29) is 0 Å². The van der Waals surface area contributed by atoms with Gasteiger partial charge in [0.1, 0.15) is 0 Å². The first-order valence-corrected chi connectivity index (χ1v) is 4.25. The van der Waals surface area contributed by atoms with Gasteiger partial charge in [0.25, 0.3) is 0 Å². The fourth-order valence-corrected chi connectivity index (χ4v) is 1.30. The van der Waals surface area contributed by atoms with Gasteiger partial charge in [-0.15, -0.1) is 0 Å². The van der Waals surface area contributed by atoms with Crippen molar-refractivity contribution in [1.29, 1.82) is 0 Å². The zero-order chi connectivity index (χ0) is 9.10. The van der Waals surface area contributed by atoms with Gasteiger partial charge in [-0.1, -0.05) is 18.2 Å². The number of aryl methyl sites for hydroxylation is 1. The second-order valence-electron chi connectivity index (χ2n) is 2.98. The van der Waals surface area contributed by atoms with E-state index in [1.165, 1.54) is 11.1 Å². The molecule has 0 aliphatic rings. The number of hydrogen-bond acceptors (Lipinski definition) is 1. The molecule has 0 unspecified atom stereocenters. The molecule has 0 aliphatic heterocycles. The summed E-state index contributed by atoms with van der Waals surface area (Å²) in [6.07, 6.45) is 1.83. The Bertz CT molecular complexity index is 393. The molecule has 1 aromatic heterocycles. The first kappa shape index (κ1) is 7.99. The van der Waals surface area contributed by atoms with E-state index in [4.69, 9.17) is 0 Å². The van der Waals surface area contributed by atoms with Crippen molar-refractivity contribution in [2.75, 3.05) is 0 Å². The van der Waals surface area contributed by atoms with Crippen LogP contribution in [0.2, 0.25) is 0 Å². The molecule has 0 spiro atoms. The van der Waals surface area contributed by atoms with Crippen LogP contribution in [0.3, 0.4) is 0 Å². The van der Waals surface area contributed by atoms with Gasteiger partial charge >= 0.3 is 0 Å². The predicted molar refractivity (Wildman–Crippen MR) is 53.2 cm³/mol. The quantitative estimate of drug-likeness (QED) is 0.638. The van der Waals surface area contributed by atoms with Crippen molar-refractivity contribution in [1.82, 2.24) is 4.98 Å². The molecule has 0 saturated carbocycles. The Morgan fingerprint density at radius 1 is 1.23 bits per heavy atom. The van der Waals surface area contributed by atoms with Gasteiger partial charge in [-0.05, 0) is 42.3 Å². The van der Waals surface area contributed by atoms with Crippen LogP contribution in [0.25, 0.3) is 11.1 Å². The van der Waals surface area contributed by atoms with Crippen LogP contribution in [0.5, 0.6) is 0 Å². The van der Waals surface area contributed by atoms with Crippen LogP contribution in [0.4, 0.5) is 0 Å². The molecule has 0 amide bonds. The average molecular weight is 168 g/mol. The number of benzene rings is 1. The van der Waals surface area contributed by atoms with E-state index >= 15 is 0 Å². The van der Waals surface area contributed by atoms with E-state index in [2.05, 4.69) is 23.2 Å². The molecule has 0 fully saturated rings. The molecule has 1 radical (unpaired) electrons. The topological polar surface area (TPSA) is 12.9 Å². The molecule has 0 saturated heterocycles.